The number of thiophene rings is 1. The molecule has 0 atom stereocenters. The molecule has 4 nitrogen and oxygen atoms in total. The summed E-state index contributed by atoms with van der Waals surface area (Å²) in [6, 6.07) is 0.312. The molecule has 94 valence electrons. The van der Waals surface area contributed by atoms with Gasteiger partial charge in [0.25, 0.3) is 0 Å². The molecule has 0 spiro atoms. The van der Waals surface area contributed by atoms with E-state index in [4.69, 9.17) is 4.74 Å². The van der Waals surface area contributed by atoms with Crippen LogP contribution in [-0.4, -0.2) is 25.7 Å². The molecule has 0 saturated heterocycles. The van der Waals surface area contributed by atoms with E-state index in [2.05, 4.69) is 24.5 Å². The minimum atomic E-state index is -0.229. The largest absolute Gasteiger partial charge is 0.465 e. The van der Waals surface area contributed by atoms with Crippen LogP contribution >= 0.6 is 11.3 Å². The van der Waals surface area contributed by atoms with Gasteiger partial charge in [0.05, 0.1) is 12.7 Å². The van der Waals surface area contributed by atoms with Crippen LogP contribution in [0.5, 0.6) is 0 Å². The van der Waals surface area contributed by atoms with Gasteiger partial charge in [0.2, 0.25) is 0 Å². The van der Waals surface area contributed by atoms with E-state index >= 15 is 0 Å². The van der Waals surface area contributed by atoms with Crippen LogP contribution in [0, 0.1) is 0 Å². The van der Waals surface area contributed by atoms with Crippen LogP contribution in [0.25, 0.3) is 0 Å². The van der Waals surface area contributed by atoms with Gasteiger partial charge in [-0.1, -0.05) is 0 Å². The molecule has 0 radical (unpaired) electrons. The third kappa shape index (κ3) is 2.45. The second kappa shape index (κ2) is 5.06. The maximum absolute atomic E-state index is 11.9. The number of carbonyl (C=O) groups excluding carboxylic acids is 1. The van der Waals surface area contributed by atoms with E-state index in [-0.39, 0.29) is 5.97 Å². The Morgan fingerprint density at radius 2 is 2.29 bits per heavy atom. The number of hydrogen-bond donors (Lipinski definition) is 2. The SMILES string of the molecule is COC(=O)c1c(NC(C)C)sc2c1CCNC2. The van der Waals surface area contributed by atoms with Crippen LogP contribution in [0.4, 0.5) is 5.00 Å². The molecule has 0 bridgehead atoms. The van der Waals surface area contributed by atoms with Gasteiger partial charge in [0.1, 0.15) is 5.00 Å². The molecule has 1 aliphatic rings. The first-order valence-electron chi connectivity index (χ1n) is 5.83. The number of ether oxygens (including phenoxy) is 1. The first-order valence-corrected chi connectivity index (χ1v) is 6.65. The summed E-state index contributed by atoms with van der Waals surface area (Å²) in [5, 5.41) is 7.60. The van der Waals surface area contributed by atoms with Gasteiger partial charge >= 0.3 is 5.97 Å². The monoisotopic (exact) mass is 254 g/mol. The van der Waals surface area contributed by atoms with E-state index in [1.807, 2.05) is 0 Å². The zero-order valence-electron chi connectivity index (χ0n) is 10.4. The Balaban J connectivity index is 2.43. The Kier molecular flexibility index (Phi) is 3.69. The van der Waals surface area contributed by atoms with Gasteiger partial charge in [0, 0.05) is 17.5 Å². The average molecular weight is 254 g/mol. The molecule has 1 aliphatic heterocycles. The fraction of sp³-hybridized carbons (Fsp3) is 0.583. The van der Waals surface area contributed by atoms with E-state index in [1.165, 1.54) is 12.0 Å². The fourth-order valence-electron chi connectivity index (χ4n) is 2.02. The van der Waals surface area contributed by atoms with Crippen molar-refractivity contribution in [3.05, 3.63) is 16.0 Å². The number of rotatable bonds is 3. The molecule has 17 heavy (non-hydrogen) atoms. The van der Waals surface area contributed by atoms with E-state index in [9.17, 15) is 4.79 Å². The van der Waals surface area contributed by atoms with Crippen molar-refractivity contribution < 1.29 is 9.53 Å². The van der Waals surface area contributed by atoms with Crippen molar-refractivity contribution in [3.63, 3.8) is 0 Å². The molecule has 0 unspecified atom stereocenters. The highest BCUT2D eigenvalue weighted by Crippen LogP contribution is 2.36. The van der Waals surface area contributed by atoms with Gasteiger partial charge in [-0.3, -0.25) is 0 Å². The lowest BCUT2D eigenvalue weighted by molar-refractivity contribution is 0.0601. The molecule has 5 heteroatoms. The minimum absolute atomic E-state index is 0.229. The van der Waals surface area contributed by atoms with Crippen molar-refractivity contribution in [2.45, 2.75) is 32.9 Å². The molecule has 2 N–H and O–H groups in total. The van der Waals surface area contributed by atoms with E-state index in [1.54, 1.807) is 11.3 Å². The van der Waals surface area contributed by atoms with Crippen molar-refractivity contribution in [1.82, 2.24) is 5.32 Å². The van der Waals surface area contributed by atoms with E-state index in [0.717, 1.165) is 35.6 Å². The molecule has 2 rings (SSSR count). The molecule has 2 heterocycles. The summed E-state index contributed by atoms with van der Waals surface area (Å²) in [4.78, 5) is 13.1. The summed E-state index contributed by atoms with van der Waals surface area (Å²) in [6.07, 6.45) is 0.899. The van der Waals surface area contributed by atoms with Crippen LogP contribution in [0.2, 0.25) is 0 Å². The van der Waals surface area contributed by atoms with Crippen LogP contribution in [-0.2, 0) is 17.7 Å². The first-order chi connectivity index (χ1) is 8.13. The number of esters is 1. The van der Waals surface area contributed by atoms with Crippen molar-refractivity contribution in [1.29, 1.82) is 0 Å². The predicted molar refractivity (Wildman–Crippen MR) is 69.8 cm³/mol. The fourth-order valence-corrected chi connectivity index (χ4v) is 3.37. The number of hydrogen-bond acceptors (Lipinski definition) is 5. The normalized spacial score (nSPS) is 14.6. The van der Waals surface area contributed by atoms with Crippen molar-refractivity contribution in [2.75, 3.05) is 19.0 Å². The lowest BCUT2D eigenvalue weighted by Gasteiger charge is -2.13. The maximum atomic E-state index is 11.9. The lowest BCUT2D eigenvalue weighted by Crippen LogP contribution is -2.23. The average Bonchev–Trinajstić information content (AvgIpc) is 2.65. The minimum Gasteiger partial charge on any atom is -0.465 e. The molecule has 1 aromatic heterocycles. The third-order valence-electron chi connectivity index (χ3n) is 2.74. The molecule has 0 amide bonds. The van der Waals surface area contributed by atoms with Gasteiger partial charge in [-0.05, 0) is 32.4 Å². The Morgan fingerprint density at radius 3 is 2.94 bits per heavy atom. The predicted octanol–water partition coefficient (Wildman–Crippen LogP) is 2.00. The second-order valence-corrected chi connectivity index (χ2v) is 5.53. The highest BCUT2D eigenvalue weighted by molar-refractivity contribution is 7.16. The zero-order valence-corrected chi connectivity index (χ0v) is 11.2. The molecule has 1 aromatic rings. The van der Waals surface area contributed by atoms with Crippen LogP contribution in [0.3, 0.4) is 0 Å². The van der Waals surface area contributed by atoms with Crippen molar-refractivity contribution in [2.24, 2.45) is 0 Å². The molecule has 0 aliphatic carbocycles. The Hall–Kier alpha value is -1.07. The summed E-state index contributed by atoms with van der Waals surface area (Å²) >= 11 is 1.66. The second-order valence-electron chi connectivity index (χ2n) is 4.43. The summed E-state index contributed by atoms with van der Waals surface area (Å²) < 4.78 is 4.89. The van der Waals surface area contributed by atoms with Gasteiger partial charge in [-0.2, -0.15) is 0 Å². The topological polar surface area (TPSA) is 50.4 Å². The molecule has 0 fully saturated rings. The smallest absolute Gasteiger partial charge is 0.341 e. The van der Waals surface area contributed by atoms with Gasteiger partial charge in [0.15, 0.2) is 0 Å². The summed E-state index contributed by atoms with van der Waals surface area (Å²) in [7, 11) is 1.44. The molecular weight excluding hydrogens is 236 g/mol. The molecule has 0 aromatic carbocycles. The number of anilines is 1. The van der Waals surface area contributed by atoms with Crippen molar-refractivity contribution in [3.8, 4) is 0 Å². The third-order valence-corrected chi connectivity index (χ3v) is 3.90. The quantitative estimate of drug-likeness (QED) is 0.810. The van der Waals surface area contributed by atoms with Crippen LogP contribution in [0.15, 0.2) is 0 Å². The van der Waals surface area contributed by atoms with Crippen molar-refractivity contribution >= 4 is 22.3 Å². The number of fused-ring (bicyclic) bond motifs is 1. The van der Waals surface area contributed by atoms with E-state index in [0.29, 0.717) is 6.04 Å². The highest BCUT2D eigenvalue weighted by Gasteiger charge is 2.25. The lowest BCUT2D eigenvalue weighted by atomic mass is 10.0. The van der Waals surface area contributed by atoms with Gasteiger partial charge in [-0.25, -0.2) is 4.79 Å². The van der Waals surface area contributed by atoms with Crippen LogP contribution < -0.4 is 10.6 Å². The Bertz CT molecular complexity index is 426. The first kappa shape index (κ1) is 12.4. The molecule has 0 saturated carbocycles. The van der Waals surface area contributed by atoms with Gasteiger partial charge in [-0.15, -0.1) is 11.3 Å². The number of nitrogens with one attached hydrogen (secondary N) is 2. The van der Waals surface area contributed by atoms with Crippen LogP contribution in [0.1, 0.15) is 34.6 Å². The Morgan fingerprint density at radius 1 is 1.53 bits per heavy atom. The van der Waals surface area contributed by atoms with Gasteiger partial charge < -0.3 is 15.4 Å². The zero-order chi connectivity index (χ0) is 12.4. The summed E-state index contributed by atoms with van der Waals surface area (Å²) in [5.74, 6) is -0.229. The Labute approximate surface area is 105 Å². The van der Waals surface area contributed by atoms with E-state index < -0.39 is 0 Å². The number of methoxy groups -OCH3 is 1. The highest BCUT2D eigenvalue weighted by atomic mass is 32.1. The summed E-state index contributed by atoms with van der Waals surface area (Å²) in [5.41, 5.74) is 1.89. The summed E-state index contributed by atoms with van der Waals surface area (Å²) in [6.45, 7) is 5.91. The maximum Gasteiger partial charge on any atom is 0.341 e. The standard InChI is InChI=1S/C12H18N2O2S/c1-7(2)14-11-10(12(15)16-3)8-4-5-13-6-9(8)17-11/h7,13-14H,4-6H2,1-3H3. The number of carbonyl (C=O) groups is 1. The molecular formula is C12H18N2O2S.